The molecule has 0 saturated carbocycles. The van der Waals surface area contributed by atoms with E-state index >= 15 is 0 Å². The lowest BCUT2D eigenvalue weighted by Gasteiger charge is -2.15. The number of rotatable bonds is 5. The van der Waals surface area contributed by atoms with E-state index in [1.807, 2.05) is 0 Å². The van der Waals surface area contributed by atoms with Crippen molar-refractivity contribution in [2.24, 2.45) is 0 Å². The number of H-pyrrole nitrogens is 1. The first-order chi connectivity index (χ1) is 9.90. The molecule has 21 heavy (non-hydrogen) atoms. The highest BCUT2D eigenvalue weighted by molar-refractivity contribution is 5.86. The summed E-state index contributed by atoms with van der Waals surface area (Å²) in [5.74, 6) is -1.31. The number of carbonyl (C=O) groups is 1. The van der Waals surface area contributed by atoms with Gasteiger partial charge in [0.2, 0.25) is 0 Å². The molecule has 2 rings (SSSR count). The number of hydrogen-bond donors (Lipinski definition) is 2. The maximum absolute atomic E-state index is 12.4. The summed E-state index contributed by atoms with van der Waals surface area (Å²) < 4.78 is 6.46. The van der Waals surface area contributed by atoms with Crippen LogP contribution in [0.1, 0.15) is 28.9 Å². The molecule has 2 N–H and O–H groups in total. The summed E-state index contributed by atoms with van der Waals surface area (Å²) in [5.41, 5.74) is -1.55. The van der Waals surface area contributed by atoms with E-state index < -0.39 is 17.2 Å². The highest BCUT2D eigenvalue weighted by Crippen LogP contribution is 2.12. The van der Waals surface area contributed by atoms with E-state index in [0.29, 0.717) is 6.61 Å². The summed E-state index contributed by atoms with van der Waals surface area (Å²) in [7, 11) is 3.45. The van der Waals surface area contributed by atoms with Crippen molar-refractivity contribution in [1.29, 1.82) is 0 Å². The summed E-state index contributed by atoms with van der Waals surface area (Å²) in [6, 6.07) is 0. The van der Waals surface area contributed by atoms with E-state index in [4.69, 9.17) is 9.84 Å². The van der Waals surface area contributed by atoms with Gasteiger partial charge < -0.3 is 19.7 Å². The fourth-order valence-corrected chi connectivity index (χ4v) is 2.42. The van der Waals surface area contributed by atoms with Crippen LogP contribution in [0, 0.1) is 0 Å². The number of aromatic carboxylic acids is 1. The third kappa shape index (κ3) is 3.40. The Labute approximate surface area is 121 Å². The first-order valence-electron chi connectivity index (χ1n) is 6.75. The van der Waals surface area contributed by atoms with Crippen molar-refractivity contribution in [3.63, 3.8) is 0 Å². The molecule has 1 aromatic heterocycles. The van der Waals surface area contributed by atoms with Crippen LogP contribution < -0.4 is 11.2 Å². The van der Waals surface area contributed by atoms with Crippen molar-refractivity contribution in [1.82, 2.24) is 14.5 Å². The van der Waals surface area contributed by atoms with Gasteiger partial charge in [0.1, 0.15) is 5.69 Å². The molecule has 0 spiro atoms. The second-order valence-electron chi connectivity index (χ2n) is 5.38. The second-order valence-corrected chi connectivity index (χ2v) is 5.38. The second kappa shape index (κ2) is 6.23. The first-order valence-corrected chi connectivity index (χ1v) is 6.75. The number of aromatic nitrogens is 2. The van der Waals surface area contributed by atoms with Crippen LogP contribution in [0.2, 0.25) is 0 Å². The Kier molecular flexibility index (Phi) is 4.59. The number of hydrogen-bond acceptors (Lipinski definition) is 5. The third-order valence-electron chi connectivity index (χ3n) is 3.38. The molecular weight excluding hydrogens is 278 g/mol. The summed E-state index contributed by atoms with van der Waals surface area (Å²) in [4.78, 5) is 39.6. The average Bonchev–Trinajstić information content (AvgIpc) is 2.90. The Morgan fingerprint density at radius 1 is 1.48 bits per heavy atom. The van der Waals surface area contributed by atoms with Gasteiger partial charge in [-0.3, -0.25) is 9.36 Å². The first kappa shape index (κ1) is 15.5. The van der Waals surface area contributed by atoms with Gasteiger partial charge in [-0.25, -0.2) is 9.59 Å². The third-order valence-corrected chi connectivity index (χ3v) is 3.38. The van der Waals surface area contributed by atoms with Crippen LogP contribution in [-0.2, 0) is 17.8 Å². The lowest BCUT2D eigenvalue weighted by Crippen LogP contribution is -2.42. The van der Waals surface area contributed by atoms with Gasteiger partial charge in [-0.15, -0.1) is 0 Å². The molecule has 0 amide bonds. The van der Waals surface area contributed by atoms with Crippen molar-refractivity contribution >= 4 is 5.97 Å². The summed E-state index contributed by atoms with van der Waals surface area (Å²) in [6.07, 6.45) is 1.51. The molecule has 1 unspecified atom stereocenters. The van der Waals surface area contributed by atoms with Crippen molar-refractivity contribution < 1.29 is 14.6 Å². The fraction of sp³-hybridized carbons (Fsp3) is 0.615. The Morgan fingerprint density at radius 2 is 2.19 bits per heavy atom. The summed E-state index contributed by atoms with van der Waals surface area (Å²) in [5, 5.41) is 9.14. The number of nitrogens with one attached hydrogen (secondary N) is 1. The largest absolute Gasteiger partial charge is 0.477 e. The van der Waals surface area contributed by atoms with Crippen molar-refractivity contribution in [3.8, 4) is 0 Å². The van der Waals surface area contributed by atoms with Gasteiger partial charge >= 0.3 is 11.7 Å². The maximum atomic E-state index is 12.4. The SMILES string of the molecule is CN(C)Cc1c(C(=O)O)[nH]c(=O)n(CC2CCCO2)c1=O. The zero-order valence-corrected chi connectivity index (χ0v) is 12.1. The number of carboxylic acids is 1. The fourth-order valence-electron chi connectivity index (χ4n) is 2.42. The monoisotopic (exact) mass is 297 g/mol. The van der Waals surface area contributed by atoms with Gasteiger partial charge in [0.05, 0.1) is 18.2 Å². The van der Waals surface area contributed by atoms with Gasteiger partial charge in [-0.05, 0) is 26.9 Å². The van der Waals surface area contributed by atoms with Crippen LogP contribution in [0.15, 0.2) is 9.59 Å². The van der Waals surface area contributed by atoms with Gasteiger partial charge in [-0.2, -0.15) is 0 Å². The van der Waals surface area contributed by atoms with Gasteiger partial charge in [-0.1, -0.05) is 0 Å². The maximum Gasteiger partial charge on any atom is 0.352 e. The van der Waals surface area contributed by atoms with E-state index in [0.717, 1.165) is 17.4 Å². The minimum Gasteiger partial charge on any atom is -0.477 e. The Morgan fingerprint density at radius 3 is 2.71 bits per heavy atom. The van der Waals surface area contributed by atoms with Crippen LogP contribution in [0.3, 0.4) is 0 Å². The molecule has 1 atom stereocenters. The molecule has 0 radical (unpaired) electrons. The zero-order valence-electron chi connectivity index (χ0n) is 12.1. The minimum absolute atomic E-state index is 0.0742. The molecule has 0 bridgehead atoms. The number of ether oxygens (including phenoxy) is 1. The Balaban J connectivity index is 2.48. The Bertz CT molecular complexity index is 640. The number of aromatic amines is 1. The topological polar surface area (TPSA) is 105 Å². The van der Waals surface area contributed by atoms with Crippen LogP contribution in [-0.4, -0.2) is 52.3 Å². The quantitative estimate of drug-likeness (QED) is 0.757. The molecule has 1 fully saturated rings. The van der Waals surface area contributed by atoms with Crippen molar-refractivity contribution in [3.05, 3.63) is 32.1 Å². The normalized spacial score (nSPS) is 18.3. The highest BCUT2D eigenvalue weighted by Gasteiger charge is 2.23. The lowest BCUT2D eigenvalue weighted by atomic mass is 10.2. The highest BCUT2D eigenvalue weighted by atomic mass is 16.5. The molecule has 1 saturated heterocycles. The van der Waals surface area contributed by atoms with Crippen LogP contribution in [0.5, 0.6) is 0 Å². The van der Waals surface area contributed by atoms with E-state index in [1.54, 1.807) is 19.0 Å². The van der Waals surface area contributed by atoms with Crippen molar-refractivity contribution in [2.45, 2.75) is 32.0 Å². The number of carboxylic acid groups (broad SMARTS) is 1. The van der Waals surface area contributed by atoms with Crippen LogP contribution in [0.4, 0.5) is 0 Å². The molecule has 8 heteroatoms. The smallest absolute Gasteiger partial charge is 0.352 e. The van der Waals surface area contributed by atoms with E-state index in [2.05, 4.69) is 4.98 Å². The average molecular weight is 297 g/mol. The van der Waals surface area contributed by atoms with Crippen LogP contribution in [0.25, 0.3) is 0 Å². The molecule has 0 aliphatic carbocycles. The molecular formula is C13H19N3O5. The van der Waals surface area contributed by atoms with Gasteiger partial charge in [0.25, 0.3) is 5.56 Å². The summed E-state index contributed by atoms with van der Waals surface area (Å²) in [6.45, 7) is 0.909. The molecule has 116 valence electrons. The lowest BCUT2D eigenvalue weighted by molar-refractivity contribution is 0.0686. The van der Waals surface area contributed by atoms with Crippen molar-refractivity contribution in [2.75, 3.05) is 20.7 Å². The standard InChI is InChI=1S/C13H19N3O5/c1-15(2)7-9-10(12(18)19)14-13(20)16(11(9)17)6-8-4-3-5-21-8/h8H,3-7H2,1-2H3,(H,14,20)(H,18,19). The molecule has 8 nitrogen and oxygen atoms in total. The van der Waals surface area contributed by atoms with E-state index in [1.165, 1.54) is 0 Å². The van der Waals surface area contributed by atoms with Gasteiger partial charge in [0, 0.05) is 13.2 Å². The predicted molar refractivity (Wildman–Crippen MR) is 74.6 cm³/mol. The number of nitrogens with zero attached hydrogens (tertiary/aromatic N) is 2. The molecule has 1 aliphatic rings. The van der Waals surface area contributed by atoms with Gasteiger partial charge in [0.15, 0.2) is 0 Å². The molecule has 1 aliphatic heterocycles. The zero-order chi connectivity index (χ0) is 15.6. The summed E-state index contributed by atoms with van der Waals surface area (Å²) >= 11 is 0. The van der Waals surface area contributed by atoms with Crippen LogP contribution >= 0.6 is 0 Å². The molecule has 2 heterocycles. The molecule has 1 aromatic rings. The van der Waals surface area contributed by atoms with E-state index in [-0.39, 0.29) is 30.5 Å². The predicted octanol–water partition coefficient (Wildman–Crippen LogP) is -0.525. The Hall–Kier alpha value is -1.93. The van der Waals surface area contributed by atoms with E-state index in [9.17, 15) is 14.4 Å². The molecule has 0 aromatic carbocycles. The minimum atomic E-state index is -1.31.